The van der Waals surface area contributed by atoms with Crippen LogP contribution in [0, 0.1) is 0 Å². The maximum absolute atomic E-state index is 9.70. The van der Waals surface area contributed by atoms with Gasteiger partial charge in [0.1, 0.15) is 11.9 Å². The lowest BCUT2D eigenvalue weighted by molar-refractivity contribution is 0.00644. The van der Waals surface area contributed by atoms with Gasteiger partial charge in [-0.1, -0.05) is 6.07 Å². The number of fused-ring (bicyclic) bond motifs is 1. The number of benzene rings is 1. The topological polar surface area (TPSA) is 49.7 Å². The minimum absolute atomic E-state index is 0.612. The molecular weight excluding hydrogens is 180 g/mol. The van der Waals surface area contributed by atoms with Crippen molar-refractivity contribution in [1.82, 2.24) is 0 Å². The van der Waals surface area contributed by atoms with E-state index in [-0.39, 0.29) is 0 Å². The molecule has 1 aliphatic carbocycles. The second-order valence-corrected chi connectivity index (χ2v) is 3.62. The lowest BCUT2D eigenvalue weighted by Crippen LogP contribution is -2.24. The summed E-state index contributed by atoms with van der Waals surface area (Å²) in [6.45, 7) is 0. The van der Waals surface area contributed by atoms with Crippen LogP contribution in [-0.4, -0.2) is 23.4 Å². The molecule has 0 bridgehead atoms. The second kappa shape index (κ2) is 3.59. The second-order valence-electron chi connectivity index (χ2n) is 3.62. The van der Waals surface area contributed by atoms with Crippen molar-refractivity contribution in [3.05, 3.63) is 29.3 Å². The highest BCUT2D eigenvalue weighted by atomic mass is 16.5. The first-order valence-corrected chi connectivity index (χ1v) is 4.75. The third kappa shape index (κ3) is 1.49. The number of aryl methyl sites for hydroxylation is 1. The third-order valence-corrected chi connectivity index (χ3v) is 2.74. The van der Waals surface area contributed by atoms with E-state index in [1.165, 1.54) is 0 Å². The van der Waals surface area contributed by atoms with Crippen LogP contribution < -0.4 is 4.74 Å². The molecule has 2 N–H and O–H groups in total. The van der Waals surface area contributed by atoms with Gasteiger partial charge in [-0.25, -0.2) is 0 Å². The van der Waals surface area contributed by atoms with Gasteiger partial charge in [0, 0.05) is 0 Å². The highest BCUT2D eigenvalue weighted by Gasteiger charge is 2.26. The standard InChI is InChI=1S/C11H14O3/c1-14-8-3-4-9-7(6-8)2-5-10(12)11(9)13/h3-4,6,10-13H,2,5H2,1H3/t10-,11+/m1/s1. The zero-order valence-electron chi connectivity index (χ0n) is 8.10. The van der Waals surface area contributed by atoms with Crippen LogP contribution in [0.2, 0.25) is 0 Å². The smallest absolute Gasteiger partial charge is 0.119 e. The minimum Gasteiger partial charge on any atom is -0.497 e. The molecule has 3 nitrogen and oxygen atoms in total. The van der Waals surface area contributed by atoms with Gasteiger partial charge in [-0.3, -0.25) is 0 Å². The van der Waals surface area contributed by atoms with Crippen LogP contribution in [0.1, 0.15) is 23.7 Å². The molecule has 1 aromatic carbocycles. The highest BCUT2D eigenvalue weighted by molar-refractivity contribution is 5.39. The van der Waals surface area contributed by atoms with Crippen molar-refractivity contribution in [3.63, 3.8) is 0 Å². The number of aliphatic hydroxyl groups is 2. The third-order valence-electron chi connectivity index (χ3n) is 2.74. The summed E-state index contributed by atoms with van der Waals surface area (Å²) in [6, 6.07) is 5.55. The summed E-state index contributed by atoms with van der Waals surface area (Å²) in [5.74, 6) is 0.798. The van der Waals surface area contributed by atoms with Crippen molar-refractivity contribution in [2.24, 2.45) is 0 Å². The Bertz CT molecular complexity index is 335. The number of hydrogen-bond donors (Lipinski definition) is 2. The molecule has 0 saturated carbocycles. The maximum Gasteiger partial charge on any atom is 0.119 e. The molecule has 0 aliphatic heterocycles. The number of hydrogen-bond acceptors (Lipinski definition) is 3. The Labute approximate surface area is 83.0 Å². The lowest BCUT2D eigenvalue weighted by atomic mass is 9.87. The first-order chi connectivity index (χ1) is 6.72. The number of ether oxygens (including phenoxy) is 1. The fourth-order valence-corrected chi connectivity index (χ4v) is 1.88. The lowest BCUT2D eigenvalue weighted by Gasteiger charge is -2.26. The Hall–Kier alpha value is -1.06. The Morgan fingerprint density at radius 2 is 2.14 bits per heavy atom. The summed E-state index contributed by atoms with van der Waals surface area (Å²) in [4.78, 5) is 0. The first-order valence-electron chi connectivity index (χ1n) is 4.75. The van der Waals surface area contributed by atoms with Gasteiger partial charge in [0.15, 0.2) is 0 Å². The molecule has 1 aliphatic rings. The maximum atomic E-state index is 9.70. The largest absolute Gasteiger partial charge is 0.497 e. The Morgan fingerprint density at radius 3 is 2.86 bits per heavy atom. The molecule has 0 saturated heterocycles. The van der Waals surface area contributed by atoms with Crippen molar-refractivity contribution in [2.45, 2.75) is 25.0 Å². The molecular formula is C11H14O3. The van der Waals surface area contributed by atoms with E-state index in [0.29, 0.717) is 6.42 Å². The predicted molar refractivity (Wildman–Crippen MR) is 52.3 cm³/mol. The number of methoxy groups -OCH3 is 1. The monoisotopic (exact) mass is 194 g/mol. The molecule has 0 amide bonds. The zero-order valence-corrected chi connectivity index (χ0v) is 8.10. The summed E-state index contributed by atoms with van der Waals surface area (Å²) < 4.78 is 5.10. The summed E-state index contributed by atoms with van der Waals surface area (Å²) in [7, 11) is 1.62. The van der Waals surface area contributed by atoms with E-state index in [2.05, 4.69) is 0 Å². The van der Waals surface area contributed by atoms with Crippen LogP contribution in [0.15, 0.2) is 18.2 Å². The van der Waals surface area contributed by atoms with Crippen molar-refractivity contribution in [1.29, 1.82) is 0 Å². The van der Waals surface area contributed by atoms with Gasteiger partial charge in [0.25, 0.3) is 0 Å². The van der Waals surface area contributed by atoms with Gasteiger partial charge in [-0.05, 0) is 36.1 Å². The zero-order chi connectivity index (χ0) is 10.1. The van der Waals surface area contributed by atoms with E-state index in [0.717, 1.165) is 23.3 Å². The highest BCUT2D eigenvalue weighted by Crippen LogP contribution is 2.32. The summed E-state index contributed by atoms with van der Waals surface area (Å²) in [5.41, 5.74) is 1.90. The first kappa shape index (κ1) is 9.49. The summed E-state index contributed by atoms with van der Waals surface area (Å²) in [5, 5.41) is 19.2. The number of rotatable bonds is 1. The summed E-state index contributed by atoms with van der Waals surface area (Å²) in [6.07, 6.45) is 0.0343. The molecule has 2 atom stereocenters. The molecule has 0 fully saturated rings. The van der Waals surface area contributed by atoms with Crippen LogP contribution >= 0.6 is 0 Å². The molecule has 0 radical (unpaired) electrons. The van der Waals surface area contributed by atoms with E-state index < -0.39 is 12.2 Å². The molecule has 3 heteroatoms. The Morgan fingerprint density at radius 1 is 1.36 bits per heavy atom. The van der Waals surface area contributed by atoms with E-state index >= 15 is 0 Å². The molecule has 0 unspecified atom stereocenters. The Kier molecular flexibility index (Phi) is 2.44. The van der Waals surface area contributed by atoms with E-state index in [9.17, 15) is 10.2 Å². The summed E-state index contributed by atoms with van der Waals surface area (Å²) >= 11 is 0. The van der Waals surface area contributed by atoms with Crippen LogP contribution in [0.25, 0.3) is 0 Å². The van der Waals surface area contributed by atoms with Crippen molar-refractivity contribution in [3.8, 4) is 5.75 Å². The van der Waals surface area contributed by atoms with Gasteiger partial charge >= 0.3 is 0 Å². The average molecular weight is 194 g/mol. The van der Waals surface area contributed by atoms with E-state index in [1.807, 2.05) is 12.1 Å². The van der Waals surface area contributed by atoms with Crippen LogP contribution in [-0.2, 0) is 6.42 Å². The van der Waals surface area contributed by atoms with E-state index in [1.54, 1.807) is 13.2 Å². The fraction of sp³-hybridized carbons (Fsp3) is 0.455. The van der Waals surface area contributed by atoms with Gasteiger partial charge in [-0.2, -0.15) is 0 Å². The minimum atomic E-state index is -0.746. The SMILES string of the molecule is COc1ccc2c(c1)CC[C@@H](O)[C@H]2O. The fourth-order valence-electron chi connectivity index (χ4n) is 1.88. The van der Waals surface area contributed by atoms with Gasteiger partial charge in [0.05, 0.1) is 13.2 Å². The molecule has 0 aromatic heterocycles. The normalized spacial score (nSPS) is 25.6. The average Bonchev–Trinajstić information content (AvgIpc) is 2.23. The van der Waals surface area contributed by atoms with E-state index in [4.69, 9.17) is 4.74 Å². The Balaban J connectivity index is 2.38. The van der Waals surface area contributed by atoms with Gasteiger partial charge in [-0.15, -0.1) is 0 Å². The quantitative estimate of drug-likeness (QED) is 0.702. The van der Waals surface area contributed by atoms with Crippen molar-refractivity contribution >= 4 is 0 Å². The van der Waals surface area contributed by atoms with Crippen molar-refractivity contribution < 1.29 is 14.9 Å². The molecule has 14 heavy (non-hydrogen) atoms. The molecule has 0 heterocycles. The number of aliphatic hydroxyl groups excluding tert-OH is 2. The van der Waals surface area contributed by atoms with Gasteiger partial charge in [0.2, 0.25) is 0 Å². The van der Waals surface area contributed by atoms with Crippen LogP contribution in [0.3, 0.4) is 0 Å². The molecule has 76 valence electrons. The van der Waals surface area contributed by atoms with Crippen LogP contribution in [0.5, 0.6) is 5.75 Å². The molecule has 1 aromatic rings. The molecule has 0 spiro atoms. The van der Waals surface area contributed by atoms with Crippen LogP contribution in [0.4, 0.5) is 0 Å². The predicted octanol–water partition coefficient (Wildman–Crippen LogP) is 1.04. The van der Waals surface area contributed by atoms with Gasteiger partial charge < -0.3 is 14.9 Å². The van der Waals surface area contributed by atoms with Crippen molar-refractivity contribution in [2.75, 3.05) is 7.11 Å². The molecule has 2 rings (SSSR count).